The van der Waals surface area contributed by atoms with Crippen molar-refractivity contribution in [2.45, 2.75) is 83.0 Å². The van der Waals surface area contributed by atoms with Crippen LogP contribution in [0, 0.1) is 0 Å². The number of alkyl carbamates (subject to hydrolysis) is 1. The topological polar surface area (TPSA) is 144 Å². The molecule has 31 heavy (non-hydrogen) atoms. The van der Waals surface area contributed by atoms with Crippen LogP contribution < -0.4 is 5.32 Å². The molecule has 0 aromatic rings. The number of carbonyl (C=O) groups excluding carboxylic acids is 5. The van der Waals surface area contributed by atoms with E-state index < -0.39 is 64.5 Å². The second-order valence-electron chi connectivity index (χ2n) is 7.78. The molecule has 176 valence electrons. The van der Waals surface area contributed by atoms with Crippen molar-refractivity contribution in [1.29, 1.82) is 0 Å². The third-order valence-electron chi connectivity index (χ3n) is 3.67. The maximum Gasteiger partial charge on any atom is 0.408 e. The predicted octanol–water partition coefficient (Wildman–Crippen LogP) is 1.31. The van der Waals surface area contributed by atoms with Gasteiger partial charge in [-0.25, -0.2) is 4.79 Å². The summed E-state index contributed by atoms with van der Waals surface area (Å²) < 4.78 is 26.3. The smallest absolute Gasteiger partial charge is 0.408 e. The summed E-state index contributed by atoms with van der Waals surface area (Å²) >= 11 is 0.992. The van der Waals surface area contributed by atoms with Crippen LogP contribution >= 0.6 is 11.8 Å². The Morgan fingerprint density at radius 1 is 0.806 bits per heavy atom. The summed E-state index contributed by atoms with van der Waals surface area (Å²) in [5, 5.41) is 1.79. The van der Waals surface area contributed by atoms with E-state index in [1.54, 1.807) is 20.8 Å². The normalized spacial score (nSPS) is 25.6. The van der Waals surface area contributed by atoms with Gasteiger partial charge in [-0.1, -0.05) is 0 Å². The molecule has 0 spiro atoms. The van der Waals surface area contributed by atoms with Gasteiger partial charge in [0, 0.05) is 27.7 Å². The van der Waals surface area contributed by atoms with E-state index in [0.29, 0.717) is 0 Å². The summed E-state index contributed by atoms with van der Waals surface area (Å²) in [4.78, 5) is 58.9. The monoisotopic (exact) mass is 463 g/mol. The van der Waals surface area contributed by atoms with E-state index in [-0.39, 0.29) is 6.61 Å². The number of ether oxygens (including phenoxy) is 5. The number of rotatable bonds is 6. The fourth-order valence-corrected chi connectivity index (χ4v) is 4.20. The third-order valence-corrected chi connectivity index (χ3v) is 5.08. The molecule has 0 saturated carbocycles. The third kappa shape index (κ3) is 9.45. The van der Waals surface area contributed by atoms with E-state index in [1.807, 2.05) is 0 Å². The molecule has 1 amide bonds. The number of hydrogen-bond donors (Lipinski definition) is 1. The quantitative estimate of drug-likeness (QED) is 0.450. The molecule has 1 saturated heterocycles. The van der Waals surface area contributed by atoms with Crippen molar-refractivity contribution in [3.8, 4) is 0 Å². The van der Waals surface area contributed by atoms with Gasteiger partial charge >= 0.3 is 30.0 Å². The lowest BCUT2D eigenvalue weighted by atomic mass is 10.0. The van der Waals surface area contributed by atoms with Crippen molar-refractivity contribution >= 4 is 41.7 Å². The maximum atomic E-state index is 12.4. The molecule has 0 bridgehead atoms. The zero-order valence-corrected chi connectivity index (χ0v) is 19.4. The van der Waals surface area contributed by atoms with Crippen molar-refractivity contribution in [3.05, 3.63) is 0 Å². The lowest BCUT2D eigenvalue weighted by Gasteiger charge is -2.44. The van der Waals surface area contributed by atoms with Crippen LogP contribution in [0.25, 0.3) is 0 Å². The van der Waals surface area contributed by atoms with Crippen LogP contribution in [0.2, 0.25) is 0 Å². The summed E-state index contributed by atoms with van der Waals surface area (Å²) in [5.74, 6) is -2.65. The molecule has 1 aliphatic rings. The number of thioether (sulfide) groups is 1. The second-order valence-corrected chi connectivity index (χ2v) is 9.12. The molecule has 0 aliphatic carbocycles. The number of esters is 4. The fraction of sp³-hybridized carbons (Fsp3) is 0.737. The van der Waals surface area contributed by atoms with Crippen molar-refractivity contribution < 1.29 is 47.7 Å². The summed E-state index contributed by atoms with van der Waals surface area (Å²) in [6.07, 6.45) is -3.22. The first-order chi connectivity index (χ1) is 14.2. The first-order valence-corrected chi connectivity index (χ1v) is 10.4. The Labute approximate surface area is 184 Å². The Morgan fingerprint density at radius 3 is 1.77 bits per heavy atom. The van der Waals surface area contributed by atoms with E-state index in [4.69, 9.17) is 23.7 Å². The lowest BCUT2D eigenvalue weighted by Crippen LogP contribution is -2.64. The Hall–Kier alpha value is -2.50. The minimum Gasteiger partial charge on any atom is -0.465 e. The number of hydrogen-bond acceptors (Lipinski definition) is 11. The highest BCUT2D eigenvalue weighted by Crippen LogP contribution is 2.37. The molecule has 1 fully saturated rings. The van der Waals surface area contributed by atoms with Crippen LogP contribution in [0.1, 0.15) is 48.5 Å². The van der Waals surface area contributed by atoms with Crippen LogP contribution in [0.4, 0.5) is 4.79 Å². The highest BCUT2D eigenvalue weighted by Gasteiger charge is 2.52. The zero-order valence-electron chi connectivity index (χ0n) is 18.6. The van der Waals surface area contributed by atoms with Crippen LogP contribution in [-0.2, 0) is 42.9 Å². The molecular formula is C19H29NO10S. The van der Waals surface area contributed by atoms with Crippen LogP contribution in [-0.4, -0.2) is 71.1 Å². The van der Waals surface area contributed by atoms with Gasteiger partial charge in [0.2, 0.25) is 0 Å². The lowest BCUT2D eigenvalue weighted by molar-refractivity contribution is -0.174. The van der Waals surface area contributed by atoms with Gasteiger partial charge in [-0.05, 0) is 20.8 Å². The molecular weight excluding hydrogens is 434 g/mol. The first kappa shape index (κ1) is 26.5. The van der Waals surface area contributed by atoms with Gasteiger partial charge in [0.25, 0.3) is 0 Å². The molecule has 1 rings (SSSR count). The van der Waals surface area contributed by atoms with Gasteiger partial charge in [0.1, 0.15) is 18.2 Å². The molecule has 0 radical (unpaired) electrons. The molecule has 11 nitrogen and oxygen atoms in total. The first-order valence-electron chi connectivity index (χ1n) is 9.49. The van der Waals surface area contributed by atoms with Crippen molar-refractivity contribution in [1.82, 2.24) is 5.32 Å². The van der Waals surface area contributed by atoms with Crippen molar-refractivity contribution in [2.75, 3.05) is 6.61 Å². The Bertz CT molecular complexity index is 704. The Morgan fingerprint density at radius 2 is 1.32 bits per heavy atom. The molecule has 0 aromatic carbocycles. The van der Waals surface area contributed by atoms with Gasteiger partial charge in [-0.2, -0.15) is 0 Å². The minimum atomic E-state index is -1.25. The van der Waals surface area contributed by atoms with Gasteiger partial charge in [-0.15, -0.1) is 11.8 Å². The molecule has 12 heteroatoms. The van der Waals surface area contributed by atoms with E-state index in [2.05, 4.69) is 5.32 Å². The SMILES string of the molecule is CC(=O)OCC1SC(OC(C)=O)C(NC(=O)OC(C)(C)C)C(OC(C)=O)C1OC(C)=O. The second kappa shape index (κ2) is 11.2. The summed E-state index contributed by atoms with van der Waals surface area (Å²) in [6, 6.07) is -1.12. The van der Waals surface area contributed by atoms with Crippen molar-refractivity contribution in [3.63, 3.8) is 0 Å². The van der Waals surface area contributed by atoms with Gasteiger partial charge in [0.15, 0.2) is 17.6 Å². The van der Waals surface area contributed by atoms with Gasteiger partial charge in [-0.3, -0.25) is 19.2 Å². The highest BCUT2D eigenvalue weighted by molar-refractivity contribution is 8.00. The number of amides is 1. The van der Waals surface area contributed by atoms with Gasteiger partial charge in [0.05, 0.1) is 5.25 Å². The molecule has 0 aromatic heterocycles. The highest BCUT2D eigenvalue weighted by atomic mass is 32.2. The average molecular weight is 464 g/mol. The maximum absolute atomic E-state index is 12.4. The number of carbonyl (C=O) groups is 5. The summed E-state index contributed by atoms with van der Waals surface area (Å²) in [6.45, 7) is 9.43. The average Bonchev–Trinajstić information content (AvgIpc) is 2.55. The fourth-order valence-electron chi connectivity index (χ4n) is 2.76. The van der Waals surface area contributed by atoms with Crippen LogP contribution in [0.5, 0.6) is 0 Å². The molecule has 1 N–H and O–H groups in total. The molecule has 1 heterocycles. The Balaban J connectivity index is 3.34. The standard InChI is InChI=1S/C19H29NO10S/c1-9(21)26-8-13-15(27-10(2)22)16(28-11(3)23)14(17(31-13)29-12(4)24)20-18(25)30-19(5,6)7/h13-17H,8H2,1-7H3,(H,20,25). The van der Waals surface area contributed by atoms with Crippen LogP contribution in [0.3, 0.4) is 0 Å². The predicted molar refractivity (Wildman–Crippen MR) is 108 cm³/mol. The van der Waals surface area contributed by atoms with E-state index in [1.165, 1.54) is 13.8 Å². The van der Waals surface area contributed by atoms with Gasteiger partial charge < -0.3 is 29.0 Å². The van der Waals surface area contributed by atoms with Crippen LogP contribution in [0.15, 0.2) is 0 Å². The largest absolute Gasteiger partial charge is 0.465 e. The summed E-state index contributed by atoms with van der Waals surface area (Å²) in [7, 11) is 0. The molecule has 1 aliphatic heterocycles. The molecule has 5 atom stereocenters. The molecule has 5 unspecified atom stereocenters. The van der Waals surface area contributed by atoms with E-state index >= 15 is 0 Å². The summed E-state index contributed by atoms with van der Waals surface area (Å²) in [5.41, 5.74) is -1.88. The number of nitrogens with one attached hydrogen (secondary N) is 1. The van der Waals surface area contributed by atoms with E-state index in [9.17, 15) is 24.0 Å². The van der Waals surface area contributed by atoms with Crippen molar-refractivity contribution in [2.24, 2.45) is 0 Å². The van der Waals surface area contributed by atoms with E-state index in [0.717, 1.165) is 25.6 Å². The Kier molecular flexibility index (Phi) is 9.60. The zero-order chi connectivity index (χ0) is 23.9. The minimum absolute atomic E-state index is 0.216.